The van der Waals surface area contributed by atoms with Crippen molar-refractivity contribution in [1.29, 1.82) is 0 Å². The summed E-state index contributed by atoms with van der Waals surface area (Å²) in [5.41, 5.74) is 0.136. The van der Waals surface area contributed by atoms with Gasteiger partial charge in [0.15, 0.2) is 0 Å². The van der Waals surface area contributed by atoms with Crippen molar-refractivity contribution in [3.8, 4) is 0 Å². The summed E-state index contributed by atoms with van der Waals surface area (Å²) >= 11 is 0. The topological polar surface area (TPSA) is 49.3 Å². The first-order valence-electron chi connectivity index (χ1n) is 6.27. The molecule has 1 amide bonds. The van der Waals surface area contributed by atoms with E-state index in [0.717, 1.165) is 12.1 Å². The number of amides is 1. The SMILES string of the molecule is CC(C)CC(O)CNC(=O)Cc1ccc(F)cc1F. The number of hydrogen-bond donors (Lipinski definition) is 2. The molecular formula is C14H19F2NO2. The summed E-state index contributed by atoms with van der Waals surface area (Å²) in [7, 11) is 0. The largest absolute Gasteiger partial charge is 0.391 e. The van der Waals surface area contributed by atoms with Gasteiger partial charge in [0.05, 0.1) is 12.5 Å². The van der Waals surface area contributed by atoms with Crippen molar-refractivity contribution in [2.24, 2.45) is 5.92 Å². The highest BCUT2D eigenvalue weighted by molar-refractivity contribution is 5.78. The van der Waals surface area contributed by atoms with Crippen LogP contribution in [0, 0.1) is 17.6 Å². The summed E-state index contributed by atoms with van der Waals surface area (Å²) in [6, 6.07) is 3.10. The molecule has 0 saturated heterocycles. The van der Waals surface area contributed by atoms with E-state index in [-0.39, 0.29) is 18.5 Å². The van der Waals surface area contributed by atoms with Gasteiger partial charge in [-0.15, -0.1) is 0 Å². The molecule has 3 nitrogen and oxygen atoms in total. The molecule has 0 aromatic heterocycles. The van der Waals surface area contributed by atoms with Gasteiger partial charge in [-0.3, -0.25) is 4.79 Å². The van der Waals surface area contributed by atoms with Gasteiger partial charge < -0.3 is 10.4 Å². The molecule has 0 aliphatic carbocycles. The molecular weight excluding hydrogens is 252 g/mol. The van der Waals surface area contributed by atoms with Crippen LogP contribution >= 0.6 is 0 Å². The highest BCUT2D eigenvalue weighted by Gasteiger charge is 2.11. The van der Waals surface area contributed by atoms with Crippen LogP contribution in [-0.4, -0.2) is 23.7 Å². The monoisotopic (exact) mass is 271 g/mol. The van der Waals surface area contributed by atoms with Crippen molar-refractivity contribution >= 4 is 5.91 Å². The molecule has 19 heavy (non-hydrogen) atoms. The molecule has 0 aliphatic heterocycles. The Hall–Kier alpha value is -1.49. The molecule has 2 N–H and O–H groups in total. The summed E-state index contributed by atoms with van der Waals surface area (Å²) in [4.78, 5) is 11.6. The minimum atomic E-state index is -0.738. The van der Waals surface area contributed by atoms with Crippen molar-refractivity contribution in [2.75, 3.05) is 6.54 Å². The van der Waals surface area contributed by atoms with Gasteiger partial charge in [0.1, 0.15) is 11.6 Å². The van der Waals surface area contributed by atoms with Crippen molar-refractivity contribution < 1.29 is 18.7 Å². The highest BCUT2D eigenvalue weighted by Crippen LogP contribution is 2.10. The van der Waals surface area contributed by atoms with Crippen molar-refractivity contribution in [1.82, 2.24) is 5.32 Å². The number of rotatable bonds is 6. The second-order valence-electron chi connectivity index (χ2n) is 5.00. The predicted molar refractivity (Wildman–Crippen MR) is 68.5 cm³/mol. The second kappa shape index (κ2) is 7.19. The van der Waals surface area contributed by atoms with E-state index < -0.39 is 23.6 Å². The van der Waals surface area contributed by atoms with E-state index in [0.29, 0.717) is 12.3 Å². The minimum absolute atomic E-state index is 0.136. The van der Waals surface area contributed by atoms with Gasteiger partial charge in [0.25, 0.3) is 0 Å². The number of nitrogens with one attached hydrogen (secondary N) is 1. The molecule has 1 aromatic carbocycles. The molecule has 1 atom stereocenters. The number of carbonyl (C=O) groups is 1. The number of carbonyl (C=O) groups excluding carboxylic acids is 1. The molecule has 5 heteroatoms. The average Bonchev–Trinajstić information content (AvgIpc) is 2.29. The van der Waals surface area contributed by atoms with Crippen LogP contribution in [0.4, 0.5) is 8.78 Å². The lowest BCUT2D eigenvalue weighted by Gasteiger charge is -2.14. The fourth-order valence-electron chi connectivity index (χ4n) is 1.76. The first kappa shape index (κ1) is 15.6. The van der Waals surface area contributed by atoms with E-state index in [1.165, 1.54) is 6.07 Å². The molecule has 0 saturated carbocycles. The predicted octanol–water partition coefficient (Wildman–Crippen LogP) is 2.03. The van der Waals surface area contributed by atoms with Crippen LogP contribution in [0.2, 0.25) is 0 Å². The molecule has 0 heterocycles. The van der Waals surface area contributed by atoms with Crippen molar-refractivity contribution in [3.05, 3.63) is 35.4 Å². The molecule has 1 aromatic rings. The van der Waals surface area contributed by atoms with Crippen LogP contribution < -0.4 is 5.32 Å². The number of hydrogen-bond acceptors (Lipinski definition) is 2. The summed E-state index contributed by atoms with van der Waals surface area (Å²) in [5, 5.41) is 12.1. The van der Waals surface area contributed by atoms with Crippen LogP contribution in [0.3, 0.4) is 0 Å². The lowest BCUT2D eigenvalue weighted by atomic mass is 10.1. The first-order chi connectivity index (χ1) is 8.88. The van der Waals surface area contributed by atoms with Gasteiger partial charge >= 0.3 is 0 Å². The zero-order chi connectivity index (χ0) is 14.4. The van der Waals surface area contributed by atoms with E-state index >= 15 is 0 Å². The molecule has 106 valence electrons. The summed E-state index contributed by atoms with van der Waals surface area (Å²) in [5.74, 6) is -1.47. The van der Waals surface area contributed by atoms with Crippen LogP contribution in [0.1, 0.15) is 25.8 Å². The van der Waals surface area contributed by atoms with E-state index in [1.54, 1.807) is 0 Å². The lowest BCUT2D eigenvalue weighted by Crippen LogP contribution is -2.33. The molecule has 1 rings (SSSR count). The van der Waals surface area contributed by atoms with Gasteiger partial charge in [-0.1, -0.05) is 19.9 Å². The molecule has 0 aliphatic rings. The summed E-state index contributed by atoms with van der Waals surface area (Å²) in [6.45, 7) is 4.08. The third-order valence-corrected chi connectivity index (χ3v) is 2.64. The van der Waals surface area contributed by atoms with Crippen molar-refractivity contribution in [2.45, 2.75) is 32.8 Å². The summed E-state index contributed by atoms with van der Waals surface area (Å²) < 4.78 is 26.0. The zero-order valence-corrected chi connectivity index (χ0v) is 11.1. The number of halogens is 2. The first-order valence-corrected chi connectivity index (χ1v) is 6.27. The average molecular weight is 271 g/mol. The fraction of sp³-hybridized carbons (Fsp3) is 0.500. The Morgan fingerprint density at radius 2 is 2.05 bits per heavy atom. The number of aliphatic hydroxyl groups excluding tert-OH is 1. The lowest BCUT2D eigenvalue weighted by molar-refractivity contribution is -0.121. The molecule has 0 radical (unpaired) electrons. The van der Waals surface area contributed by atoms with Gasteiger partial charge in [-0.25, -0.2) is 8.78 Å². The van der Waals surface area contributed by atoms with E-state index in [4.69, 9.17) is 0 Å². The Morgan fingerprint density at radius 1 is 1.37 bits per heavy atom. The van der Waals surface area contributed by atoms with Crippen LogP contribution in [0.5, 0.6) is 0 Å². The maximum absolute atomic E-state index is 13.3. The van der Waals surface area contributed by atoms with E-state index in [2.05, 4.69) is 5.32 Å². The highest BCUT2D eigenvalue weighted by atomic mass is 19.1. The summed E-state index contributed by atoms with van der Waals surface area (Å²) in [6.07, 6.45) is -0.187. The Morgan fingerprint density at radius 3 is 2.63 bits per heavy atom. The Kier molecular flexibility index (Phi) is 5.89. The minimum Gasteiger partial charge on any atom is -0.391 e. The fourth-order valence-corrected chi connectivity index (χ4v) is 1.76. The Balaban J connectivity index is 2.43. The standard InChI is InChI=1S/C14H19F2NO2/c1-9(2)5-12(18)8-17-14(19)6-10-3-4-11(15)7-13(10)16/h3-4,7,9,12,18H,5-6,8H2,1-2H3,(H,17,19). The second-order valence-corrected chi connectivity index (χ2v) is 5.00. The molecule has 1 unspecified atom stereocenters. The molecule has 0 spiro atoms. The zero-order valence-electron chi connectivity index (χ0n) is 11.1. The maximum atomic E-state index is 13.3. The van der Waals surface area contributed by atoms with Crippen molar-refractivity contribution in [3.63, 3.8) is 0 Å². The molecule has 0 fully saturated rings. The third-order valence-electron chi connectivity index (χ3n) is 2.64. The Labute approximate surface area is 111 Å². The van der Waals surface area contributed by atoms with E-state index in [1.807, 2.05) is 13.8 Å². The van der Waals surface area contributed by atoms with Gasteiger partial charge in [-0.2, -0.15) is 0 Å². The van der Waals surface area contributed by atoms with Gasteiger partial charge in [0.2, 0.25) is 5.91 Å². The Bertz CT molecular complexity index is 435. The van der Waals surface area contributed by atoms with Gasteiger partial charge in [-0.05, 0) is 24.0 Å². The maximum Gasteiger partial charge on any atom is 0.224 e. The smallest absolute Gasteiger partial charge is 0.224 e. The van der Waals surface area contributed by atoms with Gasteiger partial charge in [0, 0.05) is 12.6 Å². The normalized spacial score (nSPS) is 12.5. The van der Waals surface area contributed by atoms with Crippen LogP contribution in [0.25, 0.3) is 0 Å². The molecule has 0 bridgehead atoms. The quantitative estimate of drug-likeness (QED) is 0.831. The van der Waals surface area contributed by atoms with E-state index in [9.17, 15) is 18.7 Å². The van der Waals surface area contributed by atoms with Crippen LogP contribution in [0.15, 0.2) is 18.2 Å². The van der Waals surface area contributed by atoms with Crippen LogP contribution in [-0.2, 0) is 11.2 Å². The number of benzene rings is 1. The third kappa shape index (κ3) is 5.79. The number of aliphatic hydroxyl groups is 1.